The molecule has 1 aliphatic heterocycles. The van der Waals surface area contributed by atoms with Crippen molar-refractivity contribution in [1.82, 2.24) is 5.32 Å². The van der Waals surface area contributed by atoms with Crippen LogP contribution in [0.15, 0.2) is 0 Å². The van der Waals surface area contributed by atoms with Crippen molar-refractivity contribution in [3.8, 4) is 0 Å². The first kappa shape index (κ1) is 9.27. The molecule has 0 aliphatic carbocycles. The molecule has 1 amide bonds. The van der Waals surface area contributed by atoms with Gasteiger partial charge in [0.15, 0.2) is 0 Å². The Bertz CT molecular complexity index is 272. The van der Waals surface area contributed by atoms with Crippen LogP contribution < -0.4 is 5.32 Å². The fraction of sp³-hybridized carbons (Fsp3) is 0.800. The molecule has 70 valence electrons. The SMILES string of the molecule is CS(=O)(=O)OC[C@@H]1CNC(=O)O1. The van der Waals surface area contributed by atoms with Crippen LogP contribution in [0.5, 0.6) is 0 Å². The van der Waals surface area contributed by atoms with E-state index in [2.05, 4.69) is 14.2 Å². The summed E-state index contributed by atoms with van der Waals surface area (Å²) in [5, 5.41) is 2.37. The molecule has 1 aliphatic rings. The summed E-state index contributed by atoms with van der Waals surface area (Å²) in [7, 11) is -3.45. The molecule has 0 spiro atoms. The Hall–Kier alpha value is -0.820. The number of cyclic esters (lactones) is 1. The van der Waals surface area contributed by atoms with Gasteiger partial charge in [0.25, 0.3) is 10.1 Å². The number of nitrogens with one attached hydrogen (secondary N) is 1. The minimum atomic E-state index is -3.45. The summed E-state index contributed by atoms with van der Waals surface area (Å²) >= 11 is 0. The van der Waals surface area contributed by atoms with Gasteiger partial charge < -0.3 is 10.1 Å². The molecule has 1 rings (SSSR count). The van der Waals surface area contributed by atoms with Gasteiger partial charge in [-0.25, -0.2) is 4.79 Å². The monoisotopic (exact) mass is 195 g/mol. The highest BCUT2D eigenvalue weighted by atomic mass is 32.2. The van der Waals surface area contributed by atoms with Crippen molar-refractivity contribution in [2.75, 3.05) is 19.4 Å². The van der Waals surface area contributed by atoms with Crippen LogP contribution in [0.25, 0.3) is 0 Å². The Morgan fingerprint density at radius 2 is 2.42 bits per heavy atom. The van der Waals surface area contributed by atoms with Crippen LogP contribution in [-0.4, -0.2) is 40.0 Å². The Labute approximate surface area is 70.0 Å². The van der Waals surface area contributed by atoms with Crippen LogP contribution in [0, 0.1) is 0 Å². The molecule has 0 aromatic carbocycles. The van der Waals surface area contributed by atoms with Gasteiger partial charge in [-0.05, 0) is 0 Å². The van der Waals surface area contributed by atoms with Gasteiger partial charge in [0, 0.05) is 0 Å². The van der Waals surface area contributed by atoms with E-state index in [4.69, 9.17) is 0 Å². The maximum atomic E-state index is 10.5. The minimum absolute atomic E-state index is 0.127. The number of rotatable bonds is 3. The molecule has 1 N–H and O–H groups in total. The highest BCUT2D eigenvalue weighted by Gasteiger charge is 2.23. The van der Waals surface area contributed by atoms with Gasteiger partial charge in [0.05, 0.1) is 12.8 Å². The van der Waals surface area contributed by atoms with Gasteiger partial charge in [-0.2, -0.15) is 8.42 Å². The molecule has 0 aromatic rings. The van der Waals surface area contributed by atoms with Crippen molar-refractivity contribution in [2.24, 2.45) is 0 Å². The highest BCUT2D eigenvalue weighted by molar-refractivity contribution is 7.85. The second kappa shape index (κ2) is 3.28. The van der Waals surface area contributed by atoms with E-state index in [0.29, 0.717) is 0 Å². The summed E-state index contributed by atoms with van der Waals surface area (Å²) in [5.74, 6) is 0. The Balaban J connectivity index is 2.30. The zero-order valence-electron chi connectivity index (χ0n) is 6.44. The van der Waals surface area contributed by atoms with Crippen molar-refractivity contribution in [3.05, 3.63) is 0 Å². The first-order chi connectivity index (χ1) is 5.47. The quantitative estimate of drug-likeness (QED) is 0.588. The van der Waals surface area contributed by atoms with Crippen LogP contribution in [0.4, 0.5) is 4.79 Å². The molecular weight excluding hydrogens is 186 g/mol. The maximum absolute atomic E-state index is 10.5. The van der Waals surface area contributed by atoms with Crippen molar-refractivity contribution in [1.29, 1.82) is 0 Å². The Morgan fingerprint density at radius 1 is 1.75 bits per heavy atom. The molecule has 7 heteroatoms. The number of carbonyl (C=O) groups is 1. The molecule has 6 nitrogen and oxygen atoms in total. The van der Waals surface area contributed by atoms with E-state index in [1.165, 1.54) is 0 Å². The molecule has 0 radical (unpaired) electrons. The summed E-state index contributed by atoms with van der Waals surface area (Å²) in [6, 6.07) is 0. The topological polar surface area (TPSA) is 81.7 Å². The van der Waals surface area contributed by atoms with E-state index >= 15 is 0 Å². The fourth-order valence-electron chi connectivity index (χ4n) is 0.724. The van der Waals surface area contributed by atoms with E-state index in [-0.39, 0.29) is 13.2 Å². The van der Waals surface area contributed by atoms with E-state index in [1.54, 1.807) is 0 Å². The highest BCUT2D eigenvalue weighted by Crippen LogP contribution is 2.01. The number of carbonyl (C=O) groups excluding carboxylic acids is 1. The van der Waals surface area contributed by atoms with Gasteiger partial charge in [-0.3, -0.25) is 4.18 Å². The van der Waals surface area contributed by atoms with Gasteiger partial charge in [0.1, 0.15) is 12.7 Å². The van der Waals surface area contributed by atoms with Crippen molar-refractivity contribution in [3.63, 3.8) is 0 Å². The third kappa shape index (κ3) is 3.05. The number of hydrogen-bond donors (Lipinski definition) is 1. The first-order valence-corrected chi connectivity index (χ1v) is 5.08. The summed E-state index contributed by atoms with van der Waals surface area (Å²) in [6.07, 6.45) is -0.110. The summed E-state index contributed by atoms with van der Waals surface area (Å²) < 4.78 is 30.0. The standard InChI is InChI=1S/C5H9NO5S/c1-12(8,9)10-3-4-2-6-5(7)11-4/h4H,2-3H2,1H3,(H,6,7)/t4-/m0/s1. The van der Waals surface area contributed by atoms with Gasteiger partial charge in [-0.1, -0.05) is 0 Å². The molecule has 1 heterocycles. The molecule has 0 unspecified atom stereocenters. The lowest BCUT2D eigenvalue weighted by Gasteiger charge is -2.05. The zero-order chi connectivity index (χ0) is 9.19. The average molecular weight is 195 g/mol. The lowest BCUT2D eigenvalue weighted by atomic mass is 10.4. The number of ether oxygens (including phenoxy) is 1. The molecule has 0 saturated carbocycles. The summed E-state index contributed by atoms with van der Waals surface area (Å²) in [4.78, 5) is 10.4. The van der Waals surface area contributed by atoms with Crippen molar-refractivity contribution < 1.29 is 22.1 Å². The van der Waals surface area contributed by atoms with Crippen LogP contribution in [0.1, 0.15) is 0 Å². The lowest BCUT2D eigenvalue weighted by molar-refractivity contribution is 0.107. The van der Waals surface area contributed by atoms with Crippen LogP contribution in [0.2, 0.25) is 0 Å². The summed E-state index contributed by atoms with van der Waals surface area (Å²) in [6.45, 7) is 0.159. The third-order valence-electron chi connectivity index (χ3n) is 1.22. The number of hydrogen-bond acceptors (Lipinski definition) is 5. The van der Waals surface area contributed by atoms with E-state index in [1.807, 2.05) is 0 Å². The molecule has 0 bridgehead atoms. The first-order valence-electron chi connectivity index (χ1n) is 3.26. The fourth-order valence-corrected chi connectivity index (χ4v) is 1.12. The molecule has 1 fully saturated rings. The molecule has 1 saturated heterocycles. The predicted octanol–water partition coefficient (Wildman–Crippen LogP) is -0.929. The molecule has 1 atom stereocenters. The number of amides is 1. The Kier molecular flexibility index (Phi) is 2.53. The smallest absolute Gasteiger partial charge is 0.407 e. The van der Waals surface area contributed by atoms with Crippen LogP contribution in [-0.2, 0) is 19.0 Å². The van der Waals surface area contributed by atoms with Gasteiger partial charge in [0.2, 0.25) is 0 Å². The van der Waals surface area contributed by atoms with E-state index < -0.39 is 22.3 Å². The third-order valence-corrected chi connectivity index (χ3v) is 1.78. The predicted molar refractivity (Wildman–Crippen MR) is 39.1 cm³/mol. The summed E-state index contributed by atoms with van der Waals surface area (Å²) in [5.41, 5.74) is 0. The van der Waals surface area contributed by atoms with Crippen molar-refractivity contribution in [2.45, 2.75) is 6.10 Å². The maximum Gasteiger partial charge on any atom is 0.407 e. The lowest BCUT2D eigenvalue weighted by Crippen LogP contribution is -2.22. The second-order valence-electron chi connectivity index (χ2n) is 2.40. The average Bonchev–Trinajstić information content (AvgIpc) is 2.30. The van der Waals surface area contributed by atoms with Crippen LogP contribution >= 0.6 is 0 Å². The molecule has 0 aromatic heterocycles. The van der Waals surface area contributed by atoms with Gasteiger partial charge in [-0.15, -0.1) is 0 Å². The normalized spacial score (nSPS) is 23.4. The largest absolute Gasteiger partial charge is 0.442 e. The van der Waals surface area contributed by atoms with Gasteiger partial charge >= 0.3 is 6.09 Å². The van der Waals surface area contributed by atoms with E-state index in [9.17, 15) is 13.2 Å². The van der Waals surface area contributed by atoms with Crippen molar-refractivity contribution >= 4 is 16.2 Å². The molecular formula is C5H9NO5S. The molecule has 12 heavy (non-hydrogen) atoms. The zero-order valence-corrected chi connectivity index (χ0v) is 7.26. The Morgan fingerprint density at radius 3 is 2.83 bits per heavy atom. The minimum Gasteiger partial charge on any atom is -0.442 e. The van der Waals surface area contributed by atoms with E-state index in [0.717, 1.165) is 6.26 Å². The number of alkyl carbamates (subject to hydrolysis) is 1. The second-order valence-corrected chi connectivity index (χ2v) is 4.04. The van der Waals surface area contributed by atoms with Crippen LogP contribution in [0.3, 0.4) is 0 Å².